The summed E-state index contributed by atoms with van der Waals surface area (Å²) in [5.41, 5.74) is 6.32. The number of ketones is 1. The van der Waals surface area contributed by atoms with Crippen molar-refractivity contribution in [2.45, 2.75) is 32.2 Å². The largest absolute Gasteiger partial charge is 0.329 e. The van der Waals surface area contributed by atoms with Crippen LogP contribution in [0.15, 0.2) is 59.8 Å². The van der Waals surface area contributed by atoms with E-state index in [-0.39, 0.29) is 11.8 Å². The third-order valence-electron chi connectivity index (χ3n) is 5.24. The van der Waals surface area contributed by atoms with Gasteiger partial charge in [-0.15, -0.1) is 0 Å². The molecule has 0 saturated heterocycles. The summed E-state index contributed by atoms with van der Waals surface area (Å²) in [5, 5.41) is 3.44. The predicted octanol–water partition coefficient (Wildman–Crippen LogP) is 4.37. The fourth-order valence-corrected chi connectivity index (χ4v) is 4.03. The van der Waals surface area contributed by atoms with Crippen LogP contribution in [0.1, 0.15) is 36.4 Å². The lowest BCUT2D eigenvalue weighted by Gasteiger charge is -2.33. The average Bonchev–Trinajstić information content (AvgIpc) is 2.99. The monoisotopic (exact) mass is 329 g/mol. The van der Waals surface area contributed by atoms with Gasteiger partial charge in [0.25, 0.3) is 0 Å². The highest BCUT2D eigenvalue weighted by atomic mass is 16.1. The van der Waals surface area contributed by atoms with Gasteiger partial charge in [0.2, 0.25) is 5.95 Å². The van der Waals surface area contributed by atoms with Gasteiger partial charge in [0, 0.05) is 17.7 Å². The molecule has 2 aliphatic rings. The molecule has 0 unspecified atom stereocenters. The summed E-state index contributed by atoms with van der Waals surface area (Å²) in [6, 6.07) is 16.5. The maximum atomic E-state index is 12.8. The number of carbonyl (C=O) groups excluding carboxylic acids is 1. The van der Waals surface area contributed by atoms with Crippen LogP contribution < -0.4 is 5.32 Å². The van der Waals surface area contributed by atoms with Gasteiger partial charge >= 0.3 is 0 Å². The summed E-state index contributed by atoms with van der Waals surface area (Å²) in [5.74, 6) is 1.09. The SMILES string of the molecule is Cc1ccc([C@H]2C3=C(CCCC3=O)Nc3nc4ccccc4n32)cc1. The number of nitrogens with one attached hydrogen (secondary N) is 1. The third-order valence-corrected chi connectivity index (χ3v) is 5.24. The first-order chi connectivity index (χ1) is 12.2. The molecule has 0 saturated carbocycles. The molecule has 0 amide bonds. The molecular weight excluding hydrogens is 310 g/mol. The molecule has 2 heterocycles. The van der Waals surface area contributed by atoms with E-state index in [1.54, 1.807) is 0 Å². The summed E-state index contributed by atoms with van der Waals surface area (Å²) in [7, 11) is 0. The number of para-hydroxylation sites is 2. The van der Waals surface area contributed by atoms with Crippen molar-refractivity contribution in [1.29, 1.82) is 0 Å². The fourth-order valence-electron chi connectivity index (χ4n) is 4.03. The summed E-state index contributed by atoms with van der Waals surface area (Å²) >= 11 is 0. The second-order valence-corrected chi connectivity index (χ2v) is 6.90. The number of rotatable bonds is 1. The Labute approximate surface area is 146 Å². The van der Waals surface area contributed by atoms with Crippen LogP contribution in [0.25, 0.3) is 11.0 Å². The Morgan fingerprint density at radius 3 is 2.72 bits per heavy atom. The van der Waals surface area contributed by atoms with Crippen molar-refractivity contribution in [1.82, 2.24) is 9.55 Å². The molecule has 3 aromatic rings. The number of hydrogen-bond acceptors (Lipinski definition) is 3. The van der Waals surface area contributed by atoms with Gasteiger partial charge in [-0.2, -0.15) is 0 Å². The van der Waals surface area contributed by atoms with E-state index in [0.29, 0.717) is 6.42 Å². The van der Waals surface area contributed by atoms with Crippen LogP contribution in [0.4, 0.5) is 5.95 Å². The van der Waals surface area contributed by atoms with Crippen LogP contribution in [-0.2, 0) is 4.79 Å². The summed E-state index contributed by atoms with van der Waals surface area (Å²) in [4.78, 5) is 17.6. The van der Waals surface area contributed by atoms with Crippen molar-refractivity contribution < 1.29 is 4.79 Å². The number of nitrogens with zero attached hydrogens (tertiary/aromatic N) is 2. The number of carbonyl (C=O) groups is 1. The van der Waals surface area contributed by atoms with Crippen LogP contribution in [0.2, 0.25) is 0 Å². The Bertz CT molecular complexity index is 1030. The van der Waals surface area contributed by atoms with E-state index in [2.05, 4.69) is 47.1 Å². The smallest absolute Gasteiger partial charge is 0.209 e. The highest BCUT2D eigenvalue weighted by Crippen LogP contribution is 2.42. The molecule has 0 bridgehead atoms. The minimum absolute atomic E-state index is 0.105. The van der Waals surface area contributed by atoms with Gasteiger partial charge in [0.1, 0.15) is 0 Å². The van der Waals surface area contributed by atoms with E-state index in [0.717, 1.165) is 46.7 Å². The molecule has 0 spiro atoms. The first-order valence-corrected chi connectivity index (χ1v) is 8.79. The van der Waals surface area contributed by atoms with E-state index in [9.17, 15) is 4.79 Å². The van der Waals surface area contributed by atoms with Gasteiger partial charge in [0.05, 0.1) is 17.1 Å². The second-order valence-electron chi connectivity index (χ2n) is 6.90. The number of anilines is 1. The van der Waals surface area contributed by atoms with Gasteiger partial charge in [-0.05, 0) is 37.5 Å². The average molecular weight is 329 g/mol. The summed E-state index contributed by atoms with van der Waals surface area (Å²) < 4.78 is 2.18. The summed E-state index contributed by atoms with van der Waals surface area (Å²) in [6.07, 6.45) is 2.45. The topological polar surface area (TPSA) is 46.9 Å². The molecule has 124 valence electrons. The number of aryl methyl sites for hydroxylation is 1. The molecule has 5 rings (SSSR count). The number of Topliss-reactive ketones (excluding diaryl/α,β-unsaturated/α-hetero) is 1. The Kier molecular flexibility index (Phi) is 3.07. The number of fused-ring (bicyclic) bond motifs is 3. The van der Waals surface area contributed by atoms with Gasteiger partial charge in [-0.25, -0.2) is 4.98 Å². The van der Waals surface area contributed by atoms with Crippen molar-refractivity contribution >= 4 is 22.8 Å². The van der Waals surface area contributed by atoms with Crippen molar-refractivity contribution in [3.05, 3.63) is 70.9 Å². The molecular formula is C21H19N3O. The van der Waals surface area contributed by atoms with Gasteiger partial charge in [-0.1, -0.05) is 42.0 Å². The van der Waals surface area contributed by atoms with Crippen LogP contribution in [0.5, 0.6) is 0 Å². The lowest BCUT2D eigenvalue weighted by molar-refractivity contribution is -0.116. The first kappa shape index (κ1) is 14.5. The molecule has 1 aliphatic carbocycles. The molecule has 0 fully saturated rings. The molecule has 4 heteroatoms. The molecule has 1 atom stereocenters. The lowest BCUT2D eigenvalue weighted by atomic mass is 9.85. The van der Waals surface area contributed by atoms with Gasteiger partial charge < -0.3 is 5.32 Å². The Morgan fingerprint density at radius 2 is 1.88 bits per heavy atom. The quantitative estimate of drug-likeness (QED) is 0.721. The van der Waals surface area contributed by atoms with Crippen molar-refractivity contribution in [2.75, 3.05) is 5.32 Å². The zero-order valence-corrected chi connectivity index (χ0v) is 14.1. The molecule has 4 nitrogen and oxygen atoms in total. The highest BCUT2D eigenvalue weighted by Gasteiger charge is 2.36. The standard InChI is InChI=1S/C21H19N3O/c1-13-9-11-14(12-10-13)20-19-16(6-4-8-18(19)25)23-21-22-15-5-2-3-7-17(15)24(20)21/h2-3,5,7,9-12,20H,4,6,8H2,1H3,(H,22,23)/t20-/m0/s1. The van der Waals surface area contributed by atoms with Crippen molar-refractivity contribution in [3.8, 4) is 0 Å². The minimum Gasteiger partial charge on any atom is -0.329 e. The van der Waals surface area contributed by atoms with Crippen molar-refractivity contribution in [3.63, 3.8) is 0 Å². The van der Waals surface area contributed by atoms with Crippen LogP contribution >= 0.6 is 0 Å². The maximum Gasteiger partial charge on any atom is 0.209 e. The van der Waals surface area contributed by atoms with Crippen LogP contribution in [0.3, 0.4) is 0 Å². The van der Waals surface area contributed by atoms with Crippen molar-refractivity contribution in [2.24, 2.45) is 0 Å². The zero-order valence-electron chi connectivity index (χ0n) is 14.1. The van der Waals surface area contributed by atoms with E-state index < -0.39 is 0 Å². The minimum atomic E-state index is -0.105. The zero-order chi connectivity index (χ0) is 17.0. The normalized spacial score (nSPS) is 19.6. The van der Waals surface area contributed by atoms with Gasteiger partial charge in [-0.3, -0.25) is 9.36 Å². The maximum absolute atomic E-state index is 12.8. The van der Waals surface area contributed by atoms with E-state index in [1.807, 2.05) is 18.2 Å². The predicted molar refractivity (Wildman–Crippen MR) is 98.6 cm³/mol. The van der Waals surface area contributed by atoms with E-state index >= 15 is 0 Å². The summed E-state index contributed by atoms with van der Waals surface area (Å²) in [6.45, 7) is 2.08. The second kappa shape index (κ2) is 5.31. The highest BCUT2D eigenvalue weighted by molar-refractivity contribution is 6.00. The number of allylic oxidation sites excluding steroid dienone is 2. The molecule has 1 N–H and O–H groups in total. The first-order valence-electron chi connectivity index (χ1n) is 8.79. The Balaban J connectivity index is 1.81. The van der Waals surface area contributed by atoms with Crippen LogP contribution in [-0.4, -0.2) is 15.3 Å². The number of hydrogen-bond donors (Lipinski definition) is 1. The van der Waals surface area contributed by atoms with E-state index in [4.69, 9.17) is 4.98 Å². The fraction of sp³-hybridized carbons (Fsp3) is 0.238. The third kappa shape index (κ3) is 2.14. The molecule has 1 aliphatic heterocycles. The number of benzene rings is 2. The molecule has 1 aromatic heterocycles. The Morgan fingerprint density at radius 1 is 1.08 bits per heavy atom. The van der Waals surface area contributed by atoms with Crippen LogP contribution in [0, 0.1) is 6.92 Å². The Hall–Kier alpha value is -2.88. The molecule has 25 heavy (non-hydrogen) atoms. The number of imidazole rings is 1. The lowest BCUT2D eigenvalue weighted by Crippen LogP contribution is -2.30. The molecule has 2 aromatic carbocycles. The molecule has 0 radical (unpaired) electrons. The number of aromatic nitrogens is 2. The van der Waals surface area contributed by atoms with Gasteiger partial charge in [0.15, 0.2) is 5.78 Å². The van der Waals surface area contributed by atoms with E-state index in [1.165, 1.54) is 5.56 Å².